The van der Waals surface area contributed by atoms with Crippen LogP contribution in [0.4, 0.5) is 4.79 Å². The molecule has 0 saturated carbocycles. The largest absolute Gasteiger partial charge is 0.467 e. The number of amides is 2. The van der Waals surface area contributed by atoms with Crippen LogP contribution in [0.25, 0.3) is 0 Å². The van der Waals surface area contributed by atoms with Gasteiger partial charge in [0.25, 0.3) is 0 Å². The molecule has 7 heteroatoms. The van der Waals surface area contributed by atoms with Crippen molar-refractivity contribution in [2.75, 3.05) is 13.7 Å². The molecule has 1 fully saturated rings. The van der Waals surface area contributed by atoms with E-state index in [1.807, 2.05) is 0 Å². The summed E-state index contributed by atoms with van der Waals surface area (Å²) < 4.78 is 9.85. The van der Waals surface area contributed by atoms with E-state index in [9.17, 15) is 14.4 Å². The SMILES string of the molecule is COC(=O)[C@@H](C)NC(=O)[C@@H]1CCCN1C(=O)OC(C)(C)C. The highest BCUT2D eigenvalue weighted by atomic mass is 16.6. The summed E-state index contributed by atoms with van der Waals surface area (Å²) in [5, 5.41) is 2.56. The topological polar surface area (TPSA) is 84.9 Å². The van der Waals surface area contributed by atoms with Crippen molar-refractivity contribution in [1.82, 2.24) is 10.2 Å². The molecular weight excluding hydrogens is 276 g/mol. The van der Waals surface area contributed by atoms with Gasteiger partial charge in [0.05, 0.1) is 7.11 Å². The van der Waals surface area contributed by atoms with Gasteiger partial charge >= 0.3 is 12.1 Å². The lowest BCUT2D eigenvalue weighted by Crippen LogP contribution is -2.51. The van der Waals surface area contributed by atoms with Gasteiger partial charge in [0.15, 0.2) is 0 Å². The van der Waals surface area contributed by atoms with Crippen LogP contribution in [0, 0.1) is 0 Å². The molecule has 1 aliphatic heterocycles. The minimum absolute atomic E-state index is 0.365. The summed E-state index contributed by atoms with van der Waals surface area (Å²) in [6.07, 6.45) is 0.772. The van der Waals surface area contributed by atoms with Crippen LogP contribution in [0.15, 0.2) is 0 Å². The molecule has 0 spiro atoms. The maximum absolute atomic E-state index is 12.2. The Kier molecular flexibility index (Phi) is 5.57. The quantitative estimate of drug-likeness (QED) is 0.788. The highest BCUT2D eigenvalue weighted by Crippen LogP contribution is 2.21. The van der Waals surface area contributed by atoms with Gasteiger partial charge in [-0.1, -0.05) is 0 Å². The Labute approximate surface area is 124 Å². The number of rotatable bonds is 3. The third-order valence-corrected chi connectivity index (χ3v) is 3.10. The molecule has 0 aliphatic carbocycles. The molecule has 0 unspecified atom stereocenters. The number of likely N-dealkylation sites (tertiary alicyclic amines) is 1. The fourth-order valence-corrected chi connectivity index (χ4v) is 2.12. The maximum atomic E-state index is 12.2. The molecule has 1 N–H and O–H groups in total. The van der Waals surface area contributed by atoms with E-state index in [2.05, 4.69) is 10.1 Å². The minimum Gasteiger partial charge on any atom is -0.467 e. The van der Waals surface area contributed by atoms with Gasteiger partial charge in [0.2, 0.25) is 5.91 Å². The fourth-order valence-electron chi connectivity index (χ4n) is 2.12. The van der Waals surface area contributed by atoms with Gasteiger partial charge in [-0.05, 0) is 40.5 Å². The van der Waals surface area contributed by atoms with Crippen LogP contribution in [-0.4, -0.2) is 54.2 Å². The summed E-state index contributed by atoms with van der Waals surface area (Å²) in [7, 11) is 1.26. The smallest absolute Gasteiger partial charge is 0.410 e. The second-order valence-electron chi connectivity index (χ2n) is 6.09. The number of carbonyl (C=O) groups excluding carboxylic acids is 3. The Balaban J connectivity index is 2.66. The highest BCUT2D eigenvalue weighted by Gasteiger charge is 2.37. The van der Waals surface area contributed by atoms with Crippen LogP contribution in [0.1, 0.15) is 40.5 Å². The average molecular weight is 300 g/mol. The van der Waals surface area contributed by atoms with Crippen molar-refractivity contribution >= 4 is 18.0 Å². The van der Waals surface area contributed by atoms with Gasteiger partial charge < -0.3 is 14.8 Å². The van der Waals surface area contributed by atoms with E-state index in [-0.39, 0.29) is 5.91 Å². The highest BCUT2D eigenvalue weighted by molar-refractivity contribution is 5.89. The first kappa shape index (κ1) is 17.3. The fraction of sp³-hybridized carbons (Fsp3) is 0.786. The molecule has 21 heavy (non-hydrogen) atoms. The van der Waals surface area contributed by atoms with E-state index in [4.69, 9.17) is 4.74 Å². The summed E-state index contributed by atoms with van der Waals surface area (Å²) in [4.78, 5) is 37.0. The van der Waals surface area contributed by atoms with Crippen LogP contribution < -0.4 is 5.32 Å². The van der Waals surface area contributed by atoms with Crippen LogP contribution in [-0.2, 0) is 19.1 Å². The van der Waals surface area contributed by atoms with E-state index in [0.717, 1.165) is 6.42 Å². The number of carbonyl (C=O) groups is 3. The zero-order chi connectivity index (χ0) is 16.2. The first-order chi connectivity index (χ1) is 9.65. The molecule has 7 nitrogen and oxygen atoms in total. The summed E-state index contributed by atoms with van der Waals surface area (Å²) in [6, 6.07) is -1.35. The molecule has 0 aromatic carbocycles. The van der Waals surface area contributed by atoms with Crippen molar-refractivity contribution in [3.63, 3.8) is 0 Å². The summed E-state index contributed by atoms with van der Waals surface area (Å²) >= 11 is 0. The first-order valence-electron chi connectivity index (χ1n) is 7.03. The zero-order valence-electron chi connectivity index (χ0n) is 13.3. The number of hydrogen-bond donors (Lipinski definition) is 1. The van der Waals surface area contributed by atoms with Crippen molar-refractivity contribution < 1.29 is 23.9 Å². The van der Waals surface area contributed by atoms with Crippen molar-refractivity contribution in [1.29, 1.82) is 0 Å². The van der Waals surface area contributed by atoms with Gasteiger partial charge in [-0.2, -0.15) is 0 Å². The van der Waals surface area contributed by atoms with Crippen molar-refractivity contribution in [3.05, 3.63) is 0 Å². The number of ether oxygens (including phenoxy) is 2. The number of hydrogen-bond acceptors (Lipinski definition) is 5. The Morgan fingerprint density at radius 3 is 2.43 bits per heavy atom. The molecule has 2 atom stereocenters. The van der Waals surface area contributed by atoms with E-state index < -0.39 is 29.7 Å². The van der Waals surface area contributed by atoms with Gasteiger partial charge in [-0.15, -0.1) is 0 Å². The summed E-state index contributed by atoms with van der Waals surface area (Å²) in [5.74, 6) is -0.888. The molecule has 120 valence electrons. The number of methoxy groups -OCH3 is 1. The predicted molar refractivity (Wildman–Crippen MR) is 75.6 cm³/mol. The third-order valence-electron chi connectivity index (χ3n) is 3.10. The van der Waals surface area contributed by atoms with Gasteiger partial charge in [0.1, 0.15) is 17.7 Å². The molecule has 1 rings (SSSR count). The summed E-state index contributed by atoms with van der Waals surface area (Å²) in [6.45, 7) is 7.33. The molecule has 0 aromatic rings. The first-order valence-corrected chi connectivity index (χ1v) is 7.03. The number of nitrogens with one attached hydrogen (secondary N) is 1. The monoisotopic (exact) mass is 300 g/mol. The lowest BCUT2D eigenvalue weighted by molar-refractivity contribution is -0.145. The Hall–Kier alpha value is -1.79. The normalized spacial score (nSPS) is 19.9. The van der Waals surface area contributed by atoms with Gasteiger partial charge in [-0.25, -0.2) is 9.59 Å². The van der Waals surface area contributed by atoms with Crippen molar-refractivity contribution in [2.24, 2.45) is 0 Å². The Bertz CT molecular complexity index is 416. The van der Waals surface area contributed by atoms with Crippen LogP contribution >= 0.6 is 0 Å². The predicted octanol–water partition coefficient (Wildman–Crippen LogP) is 1.06. The average Bonchev–Trinajstić information content (AvgIpc) is 2.84. The van der Waals surface area contributed by atoms with Crippen LogP contribution in [0.3, 0.4) is 0 Å². The Morgan fingerprint density at radius 1 is 1.29 bits per heavy atom. The second kappa shape index (κ2) is 6.78. The standard InChI is InChI=1S/C14H24N2O5/c1-9(12(18)20-5)15-11(17)10-7-6-8-16(10)13(19)21-14(2,3)4/h9-10H,6-8H2,1-5H3,(H,15,17)/t9-,10+/m1/s1. The third kappa shape index (κ3) is 4.91. The second-order valence-corrected chi connectivity index (χ2v) is 6.09. The number of nitrogens with zero attached hydrogens (tertiary/aromatic N) is 1. The minimum atomic E-state index is -0.747. The molecule has 0 bridgehead atoms. The lowest BCUT2D eigenvalue weighted by atomic mass is 10.2. The van der Waals surface area contributed by atoms with Gasteiger partial charge in [0, 0.05) is 6.54 Å². The summed E-state index contributed by atoms with van der Waals surface area (Å²) in [5.41, 5.74) is -0.611. The van der Waals surface area contributed by atoms with E-state index in [0.29, 0.717) is 13.0 Å². The van der Waals surface area contributed by atoms with Crippen molar-refractivity contribution in [2.45, 2.75) is 58.2 Å². The molecule has 1 saturated heterocycles. The van der Waals surface area contributed by atoms with E-state index >= 15 is 0 Å². The number of esters is 1. The maximum Gasteiger partial charge on any atom is 0.410 e. The molecule has 0 radical (unpaired) electrons. The molecule has 1 heterocycles. The van der Waals surface area contributed by atoms with E-state index in [1.54, 1.807) is 20.8 Å². The Morgan fingerprint density at radius 2 is 1.90 bits per heavy atom. The molecule has 2 amide bonds. The van der Waals surface area contributed by atoms with E-state index in [1.165, 1.54) is 18.9 Å². The van der Waals surface area contributed by atoms with Crippen molar-refractivity contribution in [3.8, 4) is 0 Å². The van der Waals surface area contributed by atoms with Crippen LogP contribution in [0.5, 0.6) is 0 Å². The molecular formula is C14H24N2O5. The molecule has 0 aromatic heterocycles. The zero-order valence-corrected chi connectivity index (χ0v) is 13.3. The lowest BCUT2D eigenvalue weighted by Gasteiger charge is -2.28. The van der Waals surface area contributed by atoms with Crippen LogP contribution in [0.2, 0.25) is 0 Å². The molecule has 1 aliphatic rings. The van der Waals surface area contributed by atoms with Gasteiger partial charge in [-0.3, -0.25) is 9.69 Å².